The highest BCUT2D eigenvalue weighted by molar-refractivity contribution is 7.80. The summed E-state index contributed by atoms with van der Waals surface area (Å²) < 4.78 is 11.1. The molecule has 0 fully saturated rings. The molecule has 0 bridgehead atoms. The van der Waals surface area contributed by atoms with Gasteiger partial charge in [-0.25, -0.2) is 0 Å². The van der Waals surface area contributed by atoms with Gasteiger partial charge in [0.1, 0.15) is 6.61 Å². The highest BCUT2D eigenvalue weighted by atomic mass is 32.1. The average molecular weight is 424 g/mol. The van der Waals surface area contributed by atoms with Crippen molar-refractivity contribution in [3.63, 3.8) is 0 Å². The molecule has 0 saturated heterocycles. The van der Waals surface area contributed by atoms with Gasteiger partial charge in [-0.05, 0) is 42.4 Å². The van der Waals surface area contributed by atoms with E-state index >= 15 is 0 Å². The van der Waals surface area contributed by atoms with Gasteiger partial charge in [-0.15, -0.1) is 0 Å². The molecule has 0 aliphatic carbocycles. The van der Waals surface area contributed by atoms with Crippen LogP contribution in [0.2, 0.25) is 0 Å². The normalized spacial score (nSPS) is 15.7. The van der Waals surface area contributed by atoms with Crippen molar-refractivity contribution in [1.29, 1.82) is 0 Å². The maximum absolute atomic E-state index is 13.1. The maximum Gasteiger partial charge on any atom is 0.251 e. The van der Waals surface area contributed by atoms with Crippen molar-refractivity contribution in [2.45, 2.75) is 19.5 Å². The van der Waals surface area contributed by atoms with E-state index in [1.165, 1.54) is 0 Å². The SMILES string of the molecule is C=CCOc1ccc([C@H]2NC(=S)NC(C)=C2C(=O)NCc2ccccc2)cc1OC. The Morgan fingerprint density at radius 3 is 2.70 bits per heavy atom. The largest absolute Gasteiger partial charge is 0.493 e. The first-order valence-corrected chi connectivity index (χ1v) is 9.96. The van der Waals surface area contributed by atoms with Gasteiger partial charge < -0.3 is 25.4 Å². The lowest BCUT2D eigenvalue weighted by Crippen LogP contribution is -2.46. The van der Waals surface area contributed by atoms with Crippen LogP contribution in [0, 0.1) is 0 Å². The molecule has 7 heteroatoms. The second kappa shape index (κ2) is 9.93. The fraction of sp³-hybridized carbons (Fsp3) is 0.217. The average Bonchev–Trinajstić information content (AvgIpc) is 2.76. The molecule has 0 unspecified atom stereocenters. The van der Waals surface area contributed by atoms with Gasteiger partial charge in [0, 0.05) is 12.2 Å². The summed E-state index contributed by atoms with van der Waals surface area (Å²) in [4.78, 5) is 13.1. The molecule has 0 aromatic heterocycles. The third-order valence-corrected chi connectivity index (χ3v) is 4.91. The fourth-order valence-corrected chi connectivity index (χ4v) is 3.52. The molecule has 1 aliphatic heterocycles. The molecule has 1 atom stereocenters. The molecule has 3 N–H and O–H groups in total. The van der Waals surface area contributed by atoms with Gasteiger partial charge in [-0.3, -0.25) is 4.79 Å². The number of carbonyl (C=O) groups excluding carboxylic acids is 1. The molecule has 2 aromatic rings. The van der Waals surface area contributed by atoms with E-state index in [1.807, 2.05) is 55.5 Å². The van der Waals surface area contributed by atoms with Gasteiger partial charge >= 0.3 is 0 Å². The summed E-state index contributed by atoms with van der Waals surface area (Å²) in [5.41, 5.74) is 3.14. The van der Waals surface area contributed by atoms with Crippen LogP contribution in [0.25, 0.3) is 0 Å². The molecule has 6 nitrogen and oxygen atoms in total. The van der Waals surface area contributed by atoms with E-state index in [1.54, 1.807) is 13.2 Å². The summed E-state index contributed by atoms with van der Waals surface area (Å²) in [7, 11) is 1.58. The maximum atomic E-state index is 13.1. The van der Waals surface area contributed by atoms with Crippen molar-refractivity contribution < 1.29 is 14.3 Å². The second-order valence-electron chi connectivity index (χ2n) is 6.75. The van der Waals surface area contributed by atoms with Crippen LogP contribution in [0.4, 0.5) is 0 Å². The number of methoxy groups -OCH3 is 1. The molecule has 0 spiro atoms. The van der Waals surface area contributed by atoms with Crippen LogP contribution in [0.5, 0.6) is 11.5 Å². The number of hydrogen-bond donors (Lipinski definition) is 3. The zero-order chi connectivity index (χ0) is 21.5. The number of nitrogens with one attached hydrogen (secondary N) is 3. The van der Waals surface area contributed by atoms with Gasteiger partial charge in [-0.1, -0.05) is 49.1 Å². The molecule has 3 rings (SSSR count). The molecular formula is C23H25N3O3S. The quantitative estimate of drug-likeness (QED) is 0.447. The van der Waals surface area contributed by atoms with Gasteiger partial charge in [0.15, 0.2) is 16.6 Å². The standard InChI is InChI=1S/C23H25N3O3S/c1-4-12-29-18-11-10-17(13-19(18)28-3)21-20(15(2)25-23(30)26-21)22(27)24-14-16-8-6-5-7-9-16/h4-11,13,21H,1,12,14H2,2-3H3,(H,24,27)(H2,25,26,30)/t21-/m1/s1. The molecule has 156 valence electrons. The van der Waals surface area contributed by atoms with Crippen molar-refractivity contribution in [3.05, 3.63) is 83.6 Å². The topological polar surface area (TPSA) is 71.6 Å². The Labute approximate surface area is 182 Å². The Morgan fingerprint density at radius 2 is 2.00 bits per heavy atom. The number of thiocarbonyl (C=S) groups is 1. The Hall–Kier alpha value is -3.32. The summed E-state index contributed by atoms with van der Waals surface area (Å²) in [6, 6.07) is 14.9. The summed E-state index contributed by atoms with van der Waals surface area (Å²) >= 11 is 5.33. The Kier molecular flexibility index (Phi) is 7.08. The lowest BCUT2D eigenvalue weighted by Gasteiger charge is -2.30. The van der Waals surface area contributed by atoms with E-state index in [0.717, 1.165) is 11.1 Å². The van der Waals surface area contributed by atoms with Crippen LogP contribution in [0.15, 0.2) is 72.5 Å². The number of amides is 1. The fourth-order valence-electron chi connectivity index (χ4n) is 3.25. The molecule has 0 radical (unpaired) electrons. The molecule has 1 heterocycles. The van der Waals surface area contributed by atoms with E-state index in [-0.39, 0.29) is 5.91 Å². The first-order valence-electron chi connectivity index (χ1n) is 9.55. The van der Waals surface area contributed by atoms with Gasteiger partial charge in [0.05, 0.1) is 18.7 Å². The van der Waals surface area contributed by atoms with Crippen LogP contribution in [-0.4, -0.2) is 24.7 Å². The summed E-state index contributed by atoms with van der Waals surface area (Å²) in [6.45, 7) is 6.31. The first-order chi connectivity index (χ1) is 14.5. The smallest absolute Gasteiger partial charge is 0.251 e. The van der Waals surface area contributed by atoms with Crippen molar-refractivity contribution in [2.75, 3.05) is 13.7 Å². The minimum absolute atomic E-state index is 0.171. The highest BCUT2D eigenvalue weighted by Gasteiger charge is 2.30. The van der Waals surface area contributed by atoms with Crippen LogP contribution in [-0.2, 0) is 11.3 Å². The molecular weight excluding hydrogens is 398 g/mol. The van der Waals surface area contributed by atoms with E-state index in [0.29, 0.717) is 41.0 Å². The van der Waals surface area contributed by atoms with E-state index in [2.05, 4.69) is 22.5 Å². The highest BCUT2D eigenvalue weighted by Crippen LogP contribution is 2.34. The Bertz CT molecular complexity index is 973. The van der Waals surface area contributed by atoms with Crippen LogP contribution < -0.4 is 25.4 Å². The molecule has 2 aromatic carbocycles. The Morgan fingerprint density at radius 1 is 1.23 bits per heavy atom. The van der Waals surface area contributed by atoms with Crippen LogP contribution >= 0.6 is 12.2 Å². The minimum atomic E-state index is -0.420. The third kappa shape index (κ3) is 4.99. The lowest BCUT2D eigenvalue weighted by atomic mass is 9.94. The molecule has 1 aliphatic rings. The summed E-state index contributed by atoms with van der Waals surface area (Å²) in [6.07, 6.45) is 1.67. The predicted octanol–water partition coefficient (Wildman–Crippen LogP) is 3.37. The van der Waals surface area contributed by atoms with Crippen molar-refractivity contribution >= 4 is 23.2 Å². The molecule has 1 amide bonds. The third-order valence-electron chi connectivity index (χ3n) is 4.69. The van der Waals surface area contributed by atoms with E-state index in [9.17, 15) is 4.79 Å². The lowest BCUT2D eigenvalue weighted by molar-refractivity contribution is -0.118. The number of allylic oxidation sites excluding steroid dienone is 1. The van der Waals surface area contributed by atoms with Crippen LogP contribution in [0.1, 0.15) is 24.1 Å². The zero-order valence-electron chi connectivity index (χ0n) is 17.0. The van der Waals surface area contributed by atoms with Crippen LogP contribution in [0.3, 0.4) is 0 Å². The number of rotatable bonds is 8. The molecule has 0 saturated carbocycles. The van der Waals surface area contributed by atoms with E-state index < -0.39 is 6.04 Å². The van der Waals surface area contributed by atoms with Gasteiger partial charge in [0.2, 0.25) is 0 Å². The number of carbonyl (C=O) groups is 1. The first kappa shape index (κ1) is 21.4. The number of hydrogen-bond acceptors (Lipinski definition) is 4. The monoisotopic (exact) mass is 423 g/mol. The summed E-state index contributed by atoms with van der Waals surface area (Å²) in [5, 5.41) is 9.70. The van der Waals surface area contributed by atoms with E-state index in [4.69, 9.17) is 21.7 Å². The second-order valence-corrected chi connectivity index (χ2v) is 7.16. The van der Waals surface area contributed by atoms with Gasteiger partial charge in [-0.2, -0.15) is 0 Å². The predicted molar refractivity (Wildman–Crippen MR) is 121 cm³/mol. The molecule has 30 heavy (non-hydrogen) atoms. The van der Waals surface area contributed by atoms with Crippen molar-refractivity contribution in [2.24, 2.45) is 0 Å². The van der Waals surface area contributed by atoms with Gasteiger partial charge in [0.25, 0.3) is 5.91 Å². The Balaban J connectivity index is 1.87. The van der Waals surface area contributed by atoms with Crippen molar-refractivity contribution in [3.8, 4) is 11.5 Å². The number of benzene rings is 2. The zero-order valence-corrected chi connectivity index (χ0v) is 17.8. The van der Waals surface area contributed by atoms with Crippen molar-refractivity contribution in [1.82, 2.24) is 16.0 Å². The number of ether oxygens (including phenoxy) is 2. The summed E-state index contributed by atoms with van der Waals surface area (Å²) in [5.74, 6) is 1.01. The minimum Gasteiger partial charge on any atom is -0.493 e.